The molecule has 4 N–H and O–H groups in total. The first-order chi connectivity index (χ1) is 63.6. The van der Waals surface area contributed by atoms with Crippen molar-refractivity contribution in [3.63, 3.8) is 0 Å². The SMILES string of the molecule is CCC(C)(C)C(=O)OCCc1ccc(C(O)CC(C)C)cc1.CCC(C)c1ccc(C(C)(C)OC(C)C)cc1.CCC(C)c1ccc(C(C)(C)OC23CC4CC(CC(C4)C2)C3)cc1.CCC(C)c1ccc(C(C)(C)OC2CCCCC2)cc1.CCC(C)c1ccc(C2(O)CCC(C)CC2)cc1.CCC(C)c1ccc(C2(O)CCC(O)CC2)cc1.CCOC(C)(C)c1ccc(C(C)CC)cc1. The Kier molecular flexibility index (Phi) is 46.3. The number of ether oxygens (including phenoxy) is 5. The van der Waals surface area contributed by atoms with Gasteiger partial charge in [-0.15, -0.1) is 0 Å². The molecule has 10 heteroatoms. The van der Waals surface area contributed by atoms with Crippen LogP contribution in [0.15, 0.2) is 170 Å². The molecule has 0 aromatic heterocycles. The standard InChI is InChI=1S/C23H34O.C19H30O3.C19H30O.C17H26O.C16H24O2.C16H26O.C15H24O/c1-5-16(2)20-6-8-21(9-7-20)22(3,4)24-23-13-17-10-18(14-23)12-19(11-17)15-23;1-6-19(4,5)18(21)22-12-11-15-7-9-16(10-8-15)17(20)13-14(2)3;1-5-15(2)16-11-13-17(14-12-16)19(3,4)20-18-9-7-6-8-10-18;1-4-14(3)15-5-7-16(8-6-15)17(18)11-9-13(2)10-12-17;1-3-12(2)13-4-6-14(7-5-13)16(18)10-8-15(17)9-11-16;1-7-13(4)14-8-10-15(11-9-14)16(5,6)17-12(2)3;1-6-12(3)13-8-10-14(11-9-13)15(4,5)16-7-2/h6-9,16-19H,5,10-15H2,1-4H3;7-10,14,17,20H,6,11-13H2,1-5H3;11-15,18H,5-10H2,1-4H3;5-8,13-14,18H,4,9-12H2,1-3H3;4-7,12,15,17-18H,3,8-11H2,1-2H3;8-13H,7H2,1-6H3;8-12H,6-7H2,1-5H3. The highest BCUT2D eigenvalue weighted by Gasteiger charge is 2.54. The van der Waals surface area contributed by atoms with Crippen LogP contribution in [0.3, 0.4) is 0 Å². The van der Waals surface area contributed by atoms with Gasteiger partial charge in [0.1, 0.15) is 0 Å². The van der Waals surface area contributed by atoms with Crippen molar-refractivity contribution >= 4 is 5.97 Å². The van der Waals surface area contributed by atoms with Crippen LogP contribution in [-0.4, -0.2) is 63.5 Å². The van der Waals surface area contributed by atoms with Gasteiger partial charge in [-0.05, 0) is 387 Å². The summed E-state index contributed by atoms with van der Waals surface area (Å²) in [5, 5.41) is 41.0. The molecule has 7 saturated carbocycles. The minimum absolute atomic E-state index is 0.140. The summed E-state index contributed by atoms with van der Waals surface area (Å²) in [6.45, 7) is 64.1. The second-order valence-electron chi connectivity index (χ2n) is 45.8. The van der Waals surface area contributed by atoms with Crippen molar-refractivity contribution < 1.29 is 48.9 Å². The van der Waals surface area contributed by atoms with Crippen LogP contribution in [0.2, 0.25) is 0 Å². The lowest BCUT2D eigenvalue weighted by Crippen LogP contribution is -2.54. The third-order valence-electron chi connectivity index (χ3n) is 31.9. The highest BCUT2D eigenvalue weighted by Crippen LogP contribution is 2.59. The summed E-state index contributed by atoms with van der Waals surface area (Å²) < 4.78 is 30.4. The Morgan fingerprint density at radius 2 is 0.733 bits per heavy atom. The van der Waals surface area contributed by atoms with E-state index in [1.807, 2.05) is 52.0 Å². The van der Waals surface area contributed by atoms with E-state index in [4.69, 9.17) is 23.7 Å². The number of aliphatic hydroxyl groups is 4. The first-order valence-electron chi connectivity index (χ1n) is 54.0. The van der Waals surface area contributed by atoms with Crippen LogP contribution in [0.4, 0.5) is 0 Å². The fourth-order valence-electron chi connectivity index (χ4n) is 21.0. The van der Waals surface area contributed by atoms with Crippen LogP contribution in [0.25, 0.3) is 0 Å². The molecule has 0 saturated heterocycles. The number of carbonyl (C=O) groups is 1. The molecule has 0 heterocycles. The maximum absolute atomic E-state index is 11.9. The van der Waals surface area contributed by atoms with Crippen LogP contribution >= 0.6 is 0 Å². The van der Waals surface area contributed by atoms with Gasteiger partial charge < -0.3 is 44.1 Å². The van der Waals surface area contributed by atoms with E-state index < -0.39 is 22.7 Å². The number of aliphatic hydroxyl groups excluding tert-OH is 2. The Hall–Kier alpha value is -6.31. The van der Waals surface area contributed by atoms with Crippen molar-refractivity contribution in [2.45, 2.75) is 480 Å². The zero-order chi connectivity index (χ0) is 99.9. The van der Waals surface area contributed by atoms with Gasteiger partial charge in [0.2, 0.25) is 0 Å². The summed E-state index contributed by atoms with van der Waals surface area (Å²) >= 11 is 0. The van der Waals surface area contributed by atoms with Crippen LogP contribution in [0, 0.1) is 35.0 Å². The Labute approximate surface area is 825 Å². The maximum atomic E-state index is 11.9. The van der Waals surface area contributed by atoms with E-state index in [0.717, 1.165) is 97.5 Å². The van der Waals surface area contributed by atoms with Crippen molar-refractivity contribution in [2.24, 2.45) is 35.0 Å². The van der Waals surface area contributed by atoms with E-state index in [1.54, 1.807) is 0 Å². The molecular formula is C125H194O10. The van der Waals surface area contributed by atoms with Gasteiger partial charge in [0, 0.05) is 13.0 Å². The van der Waals surface area contributed by atoms with Crippen LogP contribution in [0.1, 0.15) is 494 Å². The molecule has 10 nitrogen and oxygen atoms in total. The van der Waals surface area contributed by atoms with E-state index in [1.165, 1.54) is 158 Å². The average molecular weight is 1860 g/mol. The van der Waals surface area contributed by atoms with E-state index in [2.05, 4.69) is 319 Å². The fourth-order valence-corrected chi connectivity index (χ4v) is 21.0. The van der Waals surface area contributed by atoms with Gasteiger partial charge in [0.25, 0.3) is 0 Å². The van der Waals surface area contributed by atoms with Crippen molar-refractivity contribution in [1.29, 1.82) is 0 Å². The van der Waals surface area contributed by atoms with Crippen molar-refractivity contribution in [1.82, 2.24) is 0 Å². The molecule has 7 aliphatic rings. The molecule has 0 amide bonds. The number of benzene rings is 7. The van der Waals surface area contributed by atoms with Gasteiger partial charge in [-0.25, -0.2) is 0 Å². The summed E-state index contributed by atoms with van der Waals surface area (Å²) in [5.74, 6) is 7.68. The lowest BCUT2D eigenvalue weighted by molar-refractivity contribution is -0.219. The summed E-state index contributed by atoms with van der Waals surface area (Å²) in [4.78, 5) is 11.9. The first-order valence-corrected chi connectivity index (χ1v) is 54.0. The molecule has 14 rings (SSSR count). The highest BCUT2D eigenvalue weighted by molar-refractivity contribution is 5.75. The summed E-state index contributed by atoms with van der Waals surface area (Å²) in [6, 6.07) is 60.9. The zero-order valence-electron chi connectivity index (χ0n) is 90.8. The fraction of sp³-hybridized carbons (Fsp3) is 0.656. The Balaban J connectivity index is 0.000000216. The minimum atomic E-state index is -0.729. The molecule has 135 heavy (non-hydrogen) atoms. The highest BCUT2D eigenvalue weighted by atomic mass is 16.5. The van der Waals surface area contributed by atoms with Gasteiger partial charge in [-0.1, -0.05) is 300 Å². The van der Waals surface area contributed by atoms with Crippen LogP contribution < -0.4 is 0 Å². The molecular weight excluding hydrogens is 1660 g/mol. The summed E-state index contributed by atoms with van der Waals surface area (Å²) in [7, 11) is 0. The largest absolute Gasteiger partial charge is 0.465 e. The normalized spacial score (nSPS) is 22.8. The lowest BCUT2D eigenvalue weighted by atomic mass is 9.54. The van der Waals surface area contributed by atoms with Crippen molar-refractivity contribution in [3.8, 4) is 0 Å². The smallest absolute Gasteiger partial charge is 0.311 e. The summed E-state index contributed by atoms with van der Waals surface area (Å²) in [6.07, 6.45) is 31.1. The molecule has 7 aromatic rings. The van der Waals surface area contributed by atoms with Gasteiger partial charge in [0.15, 0.2) is 0 Å². The number of hydrogen-bond acceptors (Lipinski definition) is 10. The van der Waals surface area contributed by atoms with E-state index in [-0.39, 0.29) is 46.2 Å². The topological polar surface area (TPSA) is 144 Å². The molecule has 7 aromatic carbocycles. The van der Waals surface area contributed by atoms with Crippen molar-refractivity contribution in [2.75, 3.05) is 13.2 Å². The first kappa shape index (κ1) is 116. The number of rotatable bonds is 34. The van der Waals surface area contributed by atoms with Crippen LogP contribution in [-0.2, 0) is 68.5 Å². The molecule has 7 aliphatic carbocycles. The second kappa shape index (κ2) is 54.1. The third kappa shape index (κ3) is 35.7. The average Bonchev–Trinajstić information content (AvgIpc) is 0.742. The number of esters is 1. The maximum Gasteiger partial charge on any atom is 0.311 e. The molecule has 7 unspecified atom stereocenters. The van der Waals surface area contributed by atoms with E-state index in [9.17, 15) is 25.2 Å². The van der Waals surface area contributed by atoms with E-state index in [0.29, 0.717) is 86.2 Å². The second-order valence-corrected chi connectivity index (χ2v) is 45.8. The third-order valence-corrected chi connectivity index (χ3v) is 31.9. The number of hydrogen-bond donors (Lipinski definition) is 4. The quantitative estimate of drug-likeness (QED) is 0.0288. The molecule has 754 valence electrons. The Morgan fingerprint density at radius 3 is 1.07 bits per heavy atom. The molecule has 0 aliphatic heterocycles. The minimum Gasteiger partial charge on any atom is -0.465 e. The summed E-state index contributed by atoms with van der Waals surface area (Å²) in [5.41, 5.74) is 15.5. The molecule has 4 bridgehead atoms. The molecule has 7 fully saturated rings. The molecule has 7 atom stereocenters. The van der Waals surface area contributed by atoms with E-state index >= 15 is 0 Å². The van der Waals surface area contributed by atoms with Crippen molar-refractivity contribution in [3.05, 3.63) is 248 Å². The monoisotopic (exact) mass is 1860 g/mol. The molecule has 0 radical (unpaired) electrons. The van der Waals surface area contributed by atoms with Gasteiger partial charge >= 0.3 is 5.97 Å². The molecule has 0 spiro atoms. The zero-order valence-corrected chi connectivity index (χ0v) is 90.8. The Morgan fingerprint density at radius 1 is 0.407 bits per heavy atom. The van der Waals surface area contributed by atoms with Gasteiger partial charge in [0.05, 0.1) is 75.6 Å². The van der Waals surface area contributed by atoms with Crippen LogP contribution in [0.5, 0.6) is 0 Å². The van der Waals surface area contributed by atoms with Gasteiger partial charge in [-0.3, -0.25) is 4.79 Å². The number of carbonyl (C=O) groups excluding carboxylic acids is 1. The van der Waals surface area contributed by atoms with Gasteiger partial charge in [-0.2, -0.15) is 0 Å². The lowest BCUT2D eigenvalue weighted by Gasteiger charge is -2.58. The Bertz CT molecular complexity index is 4320. The predicted molar refractivity (Wildman–Crippen MR) is 570 cm³/mol. The predicted octanol–water partition coefficient (Wildman–Crippen LogP) is 33.7.